The summed E-state index contributed by atoms with van der Waals surface area (Å²) in [4.78, 5) is 0. The van der Waals surface area contributed by atoms with Gasteiger partial charge in [0.25, 0.3) is 0 Å². The zero-order valence-corrected chi connectivity index (χ0v) is 25.1. The van der Waals surface area contributed by atoms with E-state index in [0.717, 1.165) is 10.5 Å². The molecule has 0 spiro atoms. The number of hydrogen-bond donors (Lipinski definition) is 0. The van der Waals surface area contributed by atoms with Crippen molar-refractivity contribution in [2.45, 2.75) is 0 Å². The van der Waals surface area contributed by atoms with Crippen LogP contribution in [0.2, 0.25) is 0 Å². The third kappa shape index (κ3) is 5.51. The Labute approximate surface area is 225 Å². The first kappa shape index (κ1) is 28.3. The molecule has 0 aliphatic rings. The molecule has 0 saturated carbocycles. The fraction of sp³-hybridized carbons (Fsp3) is 0.333. The molecule has 0 bridgehead atoms. The molecule has 0 aromatic heterocycles. The van der Waals surface area contributed by atoms with Crippen molar-refractivity contribution in [3.05, 3.63) is 36.4 Å². The van der Waals surface area contributed by atoms with Crippen molar-refractivity contribution in [1.82, 2.24) is 0 Å². The molecule has 0 unspecified atom stereocenters. The van der Waals surface area contributed by atoms with Crippen molar-refractivity contribution in [3.8, 4) is 51.7 Å². The molecule has 9 nitrogen and oxygen atoms in total. The van der Waals surface area contributed by atoms with Crippen molar-refractivity contribution in [2.24, 2.45) is 0 Å². The number of hydrogen-bond acceptors (Lipinski definition) is 9. The molecule has 200 valence electrons. The fourth-order valence-electron chi connectivity index (χ4n) is 3.96. The Hall–Kier alpha value is -3.32. The van der Waals surface area contributed by atoms with Crippen LogP contribution in [0.5, 0.6) is 51.7 Å². The number of methoxy groups -OCH3 is 9. The summed E-state index contributed by atoms with van der Waals surface area (Å²) in [5.41, 5.74) is 0. The van der Waals surface area contributed by atoms with E-state index < -0.39 is 20.2 Å². The molecule has 0 atom stereocenters. The van der Waals surface area contributed by atoms with Crippen LogP contribution in [-0.4, -0.2) is 84.2 Å². The van der Waals surface area contributed by atoms with Gasteiger partial charge in [-0.2, -0.15) is 0 Å². The third-order valence-electron chi connectivity index (χ3n) is 5.74. The normalized spacial score (nSPS) is 10.5. The maximum atomic E-state index is 5.91. The van der Waals surface area contributed by atoms with Crippen LogP contribution in [0.15, 0.2) is 36.4 Å². The van der Waals surface area contributed by atoms with Crippen LogP contribution < -0.4 is 53.2 Å². The summed E-state index contributed by atoms with van der Waals surface area (Å²) in [5, 5.41) is 0. The van der Waals surface area contributed by atoms with E-state index in [1.807, 2.05) is 36.4 Å². The summed E-state index contributed by atoms with van der Waals surface area (Å²) in [7, 11) is 14.5. The molecule has 0 amide bonds. The minimum atomic E-state index is -3.31. The van der Waals surface area contributed by atoms with Gasteiger partial charge in [-0.25, -0.2) is 0 Å². The first-order valence-electron chi connectivity index (χ1n) is 11.1. The Balaban J connectivity index is 2.59. The first-order chi connectivity index (χ1) is 17.9. The predicted molar refractivity (Wildman–Crippen MR) is 143 cm³/mol. The number of ether oxygens (including phenoxy) is 9. The number of benzene rings is 3. The summed E-state index contributed by atoms with van der Waals surface area (Å²) in [5.74, 6) is 5.37. The van der Waals surface area contributed by atoms with Crippen molar-refractivity contribution in [2.75, 3.05) is 64.0 Å². The van der Waals surface area contributed by atoms with Gasteiger partial charge in [-0.15, -0.1) is 0 Å². The third-order valence-corrected chi connectivity index (χ3v) is 13.3. The predicted octanol–water partition coefficient (Wildman–Crippen LogP) is 2.28. The molecule has 37 heavy (non-hydrogen) atoms. The van der Waals surface area contributed by atoms with E-state index >= 15 is 0 Å². The second-order valence-corrected chi connectivity index (χ2v) is 13.2. The monoisotopic (exact) mass is 622 g/mol. The molecule has 3 rings (SSSR count). The van der Waals surface area contributed by atoms with Gasteiger partial charge in [-0.3, -0.25) is 0 Å². The van der Waals surface area contributed by atoms with Crippen LogP contribution in [0.25, 0.3) is 0 Å². The Bertz CT molecular complexity index is 1000. The van der Waals surface area contributed by atoms with Crippen LogP contribution in [0.4, 0.5) is 0 Å². The molecule has 0 fully saturated rings. The fourth-order valence-corrected chi connectivity index (χ4v) is 12.3. The molecule has 0 radical (unpaired) electrons. The maximum absolute atomic E-state index is 5.91. The van der Waals surface area contributed by atoms with Gasteiger partial charge in [0.1, 0.15) is 0 Å². The van der Waals surface area contributed by atoms with Crippen molar-refractivity contribution >= 4 is 30.7 Å². The van der Waals surface area contributed by atoms with E-state index in [0.29, 0.717) is 51.7 Å². The molecule has 0 saturated heterocycles. The summed E-state index contributed by atoms with van der Waals surface area (Å²) >= 11 is -3.31. The van der Waals surface area contributed by atoms with E-state index in [1.54, 1.807) is 64.0 Å². The van der Waals surface area contributed by atoms with Crippen LogP contribution in [-0.2, 0) is 0 Å². The average molecular weight is 623 g/mol. The topological polar surface area (TPSA) is 83.1 Å². The standard InChI is InChI=1S/3C9H11O3.Sb/c3*1-10-7-4-8(11-2)6-9(5-7)12-3;/h3*4-5H,1-3H3;. The molecule has 3 aromatic rings. The molecule has 0 N–H and O–H groups in total. The Morgan fingerprint density at radius 3 is 0.649 bits per heavy atom. The van der Waals surface area contributed by atoms with Crippen LogP contribution >= 0.6 is 0 Å². The molecule has 0 aliphatic heterocycles. The summed E-state index contributed by atoms with van der Waals surface area (Å²) in [6.45, 7) is 0. The molecule has 0 aliphatic carbocycles. The second kappa shape index (κ2) is 12.8. The summed E-state index contributed by atoms with van der Waals surface area (Å²) in [6.07, 6.45) is 0. The van der Waals surface area contributed by atoms with E-state index in [1.165, 1.54) is 0 Å². The van der Waals surface area contributed by atoms with E-state index in [2.05, 4.69) is 0 Å². The quantitative estimate of drug-likeness (QED) is 0.283. The summed E-state index contributed by atoms with van der Waals surface area (Å²) in [6, 6.07) is 11.0. The van der Waals surface area contributed by atoms with E-state index in [4.69, 9.17) is 42.6 Å². The molecular weight excluding hydrogens is 590 g/mol. The molecule has 0 heterocycles. The zero-order chi connectivity index (χ0) is 27.1. The zero-order valence-electron chi connectivity index (χ0n) is 22.6. The summed E-state index contributed by atoms with van der Waals surface area (Å²) < 4.78 is 54.6. The van der Waals surface area contributed by atoms with Crippen LogP contribution in [0.3, 0.4) is 0 Å². The van der Waals surface area contributed by atoms with Gasteiger partial charge < -0.3 is 0 Å². The molecule has 3 aromatic carbocycles. The van der Waals surface area contributed by atoms with Gasteiger partial charge in [0.15, 0.2) is 0 Å². The van der Waals surface area contributed by atoms with Gasteiger partial charge in [-0.1, -0.05) is 0 Å². The van der Waals surface area contributed by atoms with Gasteiger partial charge in [0, 0.05) is 0 Å². The molecular formula is C27H33O9Sb. The van der Waals surface area contributed by atoms with E-state index in [-0.39, 0.29) is 0 Å². The Morgan fingerprint density at radius 2 is 0.514 bits per heavy atom. The average Bonchev–Trinajstić information content (AvgIpc) is 2.96. The van der Waals surface area contributed by atoms with Gasteiger partial charge in [0.05, 0.1) is 0 Å². The van der Waals surface area contributed by atoms with Crippen molar-refractivity contribution in [3.63, 3.8) is 0 Å². The van der Waals surface area contributed by atoms with Gasteiger partial charge >= 0.3 is 226 Å². The van der Waals surface area contributed by atoms with Crippen molar-refractivity contribution in [1.29, 1.82) is 0 Å². The Morgan fingerprint density at radius 1 is 0.324 bits per heavy atom. The van der Waals surface area contributed by atoms with Gasteiger partial charge in [-0.05, 0) is 0 Å². The first-order valence-corrected chi connectivity index (χ1v) is 15.0. The molecule has 10 heteroatoms. The Kier molecular flexibility index (Phi) is 9.75. The minimum absolute atomic E-state index is 0.596. The van der Waals surface area contributed by atoms with Crippen LogP contribution in [0.1, 0.15) is 0 Å². The van der Waals surface area contributed by atoms with Crippen molar-refractivity contribution < 1.29 is 42.6 Å². The van der Waals surface area contributed by atoms with Gasteiger partial charge in [0.2, 0.25) is 0 Å². The van der Waals surface area contributed by atoms with Crippen LogP contribution in [0, 0.1) is 0 Å². The second-order valence-electron chi connectivity index (χ2n) is 7.48. The SMILES string of the molecule is COc1cc(OC)[c]([Sb]([c]2c(OC)cc(OC)cc2OC)[c]2c(OC)cc(OC)cc2OC)c(OC)c1. The number of rotatable bonds is 12. The van der Waals surface area contributed by atoms with E-state index in [9.17, 15) is 0 Å².